The molecule has 2 aromatic rings. The lowest BCUT2D eigenvalue weighted by Gasteiger charge is -2.19. The number of benzene rings is 1. The number of hydrogen-bond acceptors (Lipinski definition) is 1. The third-order valence-electron chi connectivity index (χ3n) is 4.44. The predicted octanol–water partition coefficient (Wildman–Crippen LogP) is 5.68. The minimum atomic E-state index is 0.484. The molecular formula is C16H20BrClN2. The number of imidazole rings is 1. The first-order valence-corrected chi connectivity index (χ1v) is 8.74. The average molecular weight is 356 g/mol. The standard InChI is InChI=1S/C16H20BrClN2/c1-11-3-2-4-13(7-5-11)20-15-8-6-12(17)9-14(15)19-16(20)10-18/h6,8-9,11,13H,2-5,7,10H2,1H3. The molecule has 0 bridgehead atoms. The Kier molecular flexibility index (Phi) is 4.37. The van der Waals surface area contributed by atoms with Crippen molar-refractivity contribution < 1.29 is 0 Å². The largest absolute Gasteiger partial charge is 0.324 e. The van der Waals surface area contributed by atoms with Gasteiger partial charge in [-0.15, -0.1) is 11.6 Å². The van der Waals surface area contributed by atoms with Crippen molar-refractivity contribution in [3.05, 3.63) is 28.5 Å². The Morgan fingerprint density at radius 3 is 2.95 bits per heavy atom. The summed E-state index contributed by atoms with van der Waals surface area (Å²) in [6.07, 6.45) is 6.46. The van der Waals surface area contributed by atoms with Crippen molar-refractivity contribution in [2.24, 2.45) is 5.92 Å². The lowest BCUT2D eigenvalue weighted by atomic mass is 10.0. The van der Waals surface area contributed by atoms with Gasteiger partial charge in [-0.05, 0) is 43.4 Å². The van der Waals surface area contributed by atoms with Crippen molar-refractivity contribution in [1.29, 1.82) is 0 Å². The van der Waals surface area contributed by atoms with Gasteiger partial charge >= 0.3 is 0 Å². The Morgan fingerprint density at radius 2 is 2.15 bits per heavy atom. The number of halogens is 2. The number of rotatable bonds is 2. The summed E-state index contributed by atoms with van der Waals surface area (Å²) in [5, 5.41) is 0. The molecule has 0 spiro atoms. The van der Waals surface area contributed by atoms with E-state index < -0.39 is 0 Å². The second-order valence-electron chi connectivity index (χ2n) is 5.93. The van der Waals surface area contributed by atoms with Crippen molar-refractivity contribution in [1.82, 2.24) is 9.55 Å². The van der Waals surface area contributed by atoms with Crippen LogP contribution in [0.1, 0.15) is 50.9 Å². The zero-order chi connectivity index (χ0) is 14.1. The minimum absolute atomic E-state index is 0.484. The van der Waals surface area contributed by atoms with Crippen LogP contribution in [0.4, 0.5) is 0 Å². The van der Waals surface area contributed by atoms with Crippen LogP contribution in [0.5, 0.6) is 0 Å². The van der Waals surface area contributed by atoms with Crippen molar-refractivity contribution in [3.8, 4) is 0 Å². The fourth-order valence-electron chi connectivity index (χ4n) is 3.35. The molecule has 20 heavy (non-hydrogen) atoms. The quantitative estimate of drug-likeness (QED) is 0.500. The molecule has 1 fully saturated rings. The van der Waals surface area contributed by atoms with E-state index in [0.29, 0.717) is 11.9 Å². The minimum Gasteiger partial charge on any atom is -0.324 e. The Hall–Kier alpha value is -0.540. The highest BCUT2D eigenvalue weighted by atomic mass is 79.9. The molecule has 1 heterocycles. The molecule has 1 saturated carbocycles. The highest BCUT2D eigenvalue weighted by molar-refractivity contribution is 9.10. The first-order valence-electron chi connectivity index (χ1n) is 7.41. The van der Waals surface area contributed by atoms with Crippen LogP contribution in [0.2, 0.25) is 0 Å². The summed E-state index contributed by atoms with van der Waals surface area (Å²) < 4.78 is 3.47. The van der Waals surface area contributed by atoms with Crippen molar-refractivity contribution in [2.75, 3.05) is 0 Å². The van der Waals surface area contributed by atoms with Crippen LogP contribution >= 0.6 is 27.5 Å². The van der Waals surface area contributed by atoms with Gasteiger partial charge in [-0.3, -0.25) is 0 Å². The molecule has 2 nitrogen and oxygen atoms in total. The monoisotopic (exact) mass is 354 g/mol. The van der Waals surface area contributed by atoms with E-state index in [2.05, 4.69) is 45.6 Å². The fraction of sp³-hybridized carbons (Fsp3) is 0.562. The van der Waals surface area contributed by atoms with Gasteiger partial charge in [-0.1, -0.05) is 35.7 Å². The van der Waals surface area contributed by atoms with Crippen LogP contribution in [0.25, 0.3) is 11.0 Å². The maximum absolute atomic E-state index is 6.14. The normalized spacial score (nSPS) is 23.9. The summed E-state index contributed by atoms with van der Waals surface area (Å²) in [7, 11) is 0. The molecule has 1 aromatic carbocycles. The third kappa shape index (κ3) is 2.75. The maximum Gasteiger partial charge on any atom is 0.125 e. The van der Waals surface area contributed by atoms with Gasteiger partial charge in [0, 0.05) is 10.5 Å². The van der Waals surface area contributed by atoms with Crippen molar-refractivity contribution in [3.63, 3.8) is 0 Å². The van der Waals surface area contributed by atoms with E-state index in [1.165, 1.54) is 37.6 Å². The first kappa shape index (κ1) is 14.4. The zero-order valence-corrected chi connectivity index (χ0v) is 14.1. The van der Waals surface area contributed by atoms with Gasteiger partial charge in [0.15, 0.2) is 0 Å². The fourth-order valence-corrected chi connectivity index (χ4v) is 3.89. The molecule has 4 heteroatoms. The summed E-state index contributed by atoms with van der Waals surface area (Å²) in [4.78, 5) is 4.72. The second kappa shape index (κ2) is 6.07. The van der Waals surface area contributed by atoms with Gasteiger partial charge in [0.05, 0.1) is 16.9 Å². The summed E-state index contributed by atoms with van der Waals surface area (Å²) in [5.41, 5.74) is 2.27. The molecular weight excluding hydrogens is 336 g/mol. The number of nitrogens with zero attached hydrogens (tertiary/aromatic N) is 2. The molecule has 1 aromatic heterocycles. The van der Waals surface area contributed by atoms with E-state index in [1.807, 2.05) is 0 Å². The van der Waals surface area contributed by atoms with Crippen LogP contribution < -0.4 is 0 Å². The molecule has 0 radical (unpaired) electrons. The Morgan fingerprint density at radius 1 is 1.30 bits per heavy atom. The molecule has 108 valence electrons. The lowest BCUT2D eigenvalue weighted by Crippen LogP contribution is -2.11. The van der Waals surface area contributed by atoms with E-state index in [4.69, 9.17) is 16.6 Å². The van der Waals surface area contributed by atoms with Crippen molar-refractivity contribution in [2.45, 2.75) is 50.9 Å². The SMILES string of the molecule is CC1CCCC(n2c(CCl)nc3cc(Br)ccc32)CC1. The molecule has 0 N–H and O–H groups in total. The molecule has 0 aliphatic heterocycles. The molecule has 1 aliphatic carbocycles. The molecule has 2 atom stereocenters. The van der Waals surface area contributed by atoms with Gasteiger partial charge in [-0.2, -0.15) is 0 Å². The average Bonchev–Trinajstić information content (AvgIpc) is 2.66. The molecule has 0 amide bonds. The molecule has 1 aliphatic rings. The molecule has 2 unspecified atom stereocenters. The second-order valence-corrected chi connectivity index (χ2v) is 7.11. The number of aromatic nitrogens is 2. The number of alkyl halides is 1. The van der Waals surface area contributed by atoms with Crippen LogP contribution in [0, 0.1) is 5.92 Å². The number of fused-ring (bicyclic) bond motifs is 1. The highest BCUT2D eigenvalue weighted by Crippen LogP contribution is 2.34. The Balaban J connectivity index is 2.04. The topological polar surface area (TPSA) is 17.8 Å². The van der Waals surface area contributed by atoms with Gasteiger partial charge < -0.3 is 4.57 Å². The van der Waals surface area contributed by atoms with E-state index in [1.54, 1.807) is 0 Å². The molecule has 3 rings (SSSR count). The van der Waals surface area contributed by atoms with E-state index in [-0.39, 0.29) is 0 Å². The third-order valence-corrected chi connectivity index (χ3v) is 5.17. The lowest BCUT2D eigenvalue weighted by molar-refractivity contribution is 0.433. The Bertz CT molecular complexity index is 608. The summed E-state index contributed by atoms with van der Waals surface area (Å²) >= 11 is 9.66. The van der Waals surface area contributed by atoms with Gasteiger partial charge in [-0.25, -0.2) is 4.98 Å². The summed E-state index contributed by atoms with van der Waals surface area (Å²) in [6, 6.07) is 6.90. The Labute approximate surface area is 133 Å². The summed E-state index contributed by atoms with van der Waals surface area (Å²) in [5.74, 6) is 2.35. The predicted molar refractivity (Wildman–Crippen MR) is 88.3 cm³/mol. The van der Waals surface area contributed by atoms with Crippen LogP contribution in [-0.2, 0) is 5.88 Å². The van der Waals surface area contributed by atoms with E-state index >= 15 is 0 Å². The zero-order valence-electron chi connectivity index (χ0n) is 11.8. The van der Waals surface area contributed by atoms with E-state index in [9.17, 15) is 0 Å². The summed E-state index contributed by atoms with van der Waals surface area (Å²) in [6.45, 7) is 2.37. The smallest absolute Gasteiger partial charge is 0.125 e. The first-order chi connectivity index (χ1) is 9.69. The van der Waals surface area contributed by atoms with E-state index in [0.717, 1.165) is 21.7 Å². The van der Waals surface area contributed by atoms with Gasteiger partial charge in [0.1, 0.15) is 5.82 Å². The number of hydrogen-bond donors (Lipinski definition) is 0. The highest BCUT2D eigenvalue weighted by Gasteiger charge is 2.22. The molecule has 0 saturated heterocycles. The van der Waals surface area contributed by atoms with Crippen LogP contribution in [0.15, 0.2) is 22.7 Å². The maximum atomic E-state index is 6.14. The van der Waals surface area contributed by atoms with Crippen LogP contribution in [0.3, 0.4) is 0 Å². The van der Waals surface area contributed by atoms with Crippen molar-refractivity contribution >= 4 is 38.6 Å². The van der Waals surface area contributed by atoms with Gasteiger partial charge in [0.2, 0.25) is 0 Å². The van der Waals surface area contributed by atoms with Crippen LogP contribution in [-0.4, -0.2) is 9.55 Å². The van der Waals surface area contributed by atoms with Gasteiger partial charge in [0.25, 0.3) is 0 Å².